The van der Waals surface area contributed by atoms with Gasteiger partial charge in [-0.3, -0.25) is 9.78 Å². The number of nitrogen functional groups attached to an aromatic ring is 1. The standard InChI is InChI=1S/C12H13N5O/c13-9-5-10(11(14)18)12(17-7-9)16-6-8-1-3-15-4-2-8/h1-5,7H,6,13H2,(H2,14,18)(H,16,17). The first-order valence-corrected chi connectivity index (χ1v) is 5.35. The third-order valence-corrected chi connectivity index (χ3v) is 2.38. The molecule has 6 nitrogen and oxygen atoms in total. The van der Waals surface area contributed by atoms with Crippen molar-refractivity contribution in [3.8, 4) is 0 Å². The number of carbonyl (C=O) groups is 1. The van der Waals surface area contributed by atoms with Crippen LogP contribution >= 0.6 is 0 Å². The molecule has 2 heterocycles. The summed E-state index contributed by atoms with van der Waals surface area (Å²) >= 11 is 0. The summed E-state index contributed by atoms with van der Waals surface area (Å²) in [5, 5.41) is 3.04. The van der Waals surface area contributed by atoms with Crippen LogP contribution in [0.5, 0.6) is 0 Å². The fourth-order valence-corrected chi connectivity index (χ4v) is 1.50. The number of anilines is 2. The van der Waals surface area contributed by atoms with Gasteiger partial charge in [0, 0.05) is 18.9 Å². The zero-order valence-corrected chi connectivity index (χ0v) is 9.63. The van der Waals surface area contributed by atoms with E-state index in [0.29, 0.717) is 18.1 Å². The van der Waals surface area contributed by atoms with Gasteiger partial charge in [-0.1, -0.05) is 0 Å². The summed E-state index contributed by atoms with van der Waals surface area (Å²) in [7, 11) is 0. The highest BCUT2D eigenvalue weighted by Gasteiger charge is 2.09. The van der Waals surface area contributed by atoms with E-state index in [1.54, 1.807) is 12.4 Å². The maximum absolute atomic E-state index is 11.3. The Morgan fingerprint density at radius 3 is 2.72 bits per heavy atom. The fourth-order valence-electron chi connectivity index (χ4n) is 1.50. The number of carbonyl (C=O) groups excluding carboxylic acids is 1. The van der Waals surface area contributed by atoms with Crippen LogP contribution < -0.4 is 16.8 Å². The molecule has 2 aromatic heterocycles. The Labute approximate surface area is 104 Å². The maximum Gasteiger partial charge on any atom is 0.252 e. The maximum atomic E-state index is 11.3. The lowest BCUT2D eigenvalue weighted by Crippen LogP contribution is -2.16. The molecule has 0 aliphatic rings. The van der Waals surface area contributed by atoms with Gasteiger partial charge in [0.05, 0.1) is 17.4 Å². The van der Waals surface area contributed by atoms with E-state index in [-0.39, 0.29) is 5.56 Å². The van der Waals surface area contributed by atoms with Crippen LogP contribution in [0.2, 0.25) is 0 Å². The Bertz CT molecular complexity index is 556. The highest BCUT2D eigenvalue weighted by atomic mass is 16.1. The van der Waals surface area contributed by atoms with Crippen molar-refractivity contribution >= 4 is 17.4 Å². The third-order valence-electron chi connectivity index (χ3n) is 2.38. The van der Waals surface area contributed by atoms with E-state index in [4.69, 9.17) is 11.5 Å². The summed E-state index contributed by atoms with van der Waals surface area (Å²) in [6, 6.07) is 5.24. The number of rotatable bonds is 4. The molecule has 0 aliphatic heterocycles. The Morgan fingerprint density at radius 2 is 2.06 bits per heavy atom. The van der Waals surface area contributed by atoms with Crippen molar-refractivity contribution < 1.29 is 4.79 Å². The number of nitrogens with two attached hydrogens (primary N) is 2. The van der Waals surface area contributed by atoms with Gasteiger partial charge in [-0.2, -0.15) is 0 Å². The van der Waals surface area contributed by atoms with Gasteiger partial charge in [-0.15, -0.1) is 0 Å². The molecule has 1 amide bonds. The molecule has 0 bridgehead atoms. The molecular weight excluding hydrogens is 230 g/mol. The first-order valence-electron chi connectivity index (χ1n) is 5.35. The van der Waals surface area contributed by atoms with Crippen LogP contribution in [0.4, 0.5) is 11.5 Å². The van der Waals surface area contributed by atoms with Crippen LogP contribution in [0.25, 0.3) is 0 Å². The smallest absolute Gasteiger partial charge is 0.252 e. The lowest BCUT2D eigenvalue weighted by Gasteiger charge is -2.09. The van der Waals surface area contributed by atoms with Gasteiger partial charge in [0.1, 0.15) is 5.82 Å². The summed E-state index contributed by atoms with van der Waals surface area (Å²) < 4.78 is 0. The highest BCUT2D eigenvalue weighted by Crippen LogP contribution is 2.15. The van der Waals surface area contributed by atoms with Crippen molar-refractivity contribution in [2.45, 2.75) is 6.54 Å². The Kier molecular flexibility index (Phi) is 3.38. The third kappa shape index (κ3) is 2.73. The second-order valence-electron chi connectivity index (χ2n) is 3.74. The SMILES string of the molecule is NC(=O)c1cc(N)cnc1NCc1ccncc1. The molecule has 0 aliphatic carbocycles. The number of aromatic nitrogens is 2. The Morgan fingerprint density at radius 1 is 1.33 bits per heavy atom. The van der Waals surface area contributed by atoms with Crippen LogP contribution in [0, 0.1) is 0 Å². The number of nitrogens with zero attached hydrogens (tertiary/aromatic N) is 2. The molecular formula is C12H13N5O. The molecule has 92 valence electrons. The van der Waals surface area contributed by atoms with Gasteiger partial charge in [0.2, 0.25) is 0 Å². The van der Waals surface area contributed by atoms with Crippen molar-refractivity contribution in [3.05, 3.63) is 47.9 Å². The number of amides is 1. The molecule has 0 atom stereocenters. The zero-order valence-electron chi connectivity index (χ0n) is 9.63. The molecule has 2 aromatic rings. The van der Waals surface area contributed by atoms with Gasteiger partial charge in [-0.05, 0) is 23.8 Å². The van der Waals surface area contributed by atoms with Crippen LogP contribution in [0.3, 0.4) is 0 Å². The second kappa shape index (κ2) is 5.13. The topological polar surface area (TPSA) is 107 Å². The zero-order chi connectivity index (χ0) is 13.0. The molecule has 0 radical (unpaired) electrons. The summed E-state index contributed by atoms with van der Waals surface area (Å²) in [5.41, 5.74) is 12.5. The summed E-state index contributed by atoms with van der Waals surface area (Å²) in [6.07, 6.45) is 4.87. The van der Waals surface area contributed by atoms with E-state index in [1.165, 1.54) is 12.3 Å². The number of hydrogen-bond donors (Lipinski definition) is 3. The number of primary amides is 1. The van der Waals surface area contributed by atoms with Gasteiger partial charge < -0.3 is 16.8 Å². The van der Waals surface area contributed by atoms with Crippen LogP contribution in [-0.4, -0.2) is 15.9 Å². The molecule has 0 unspecified atom stereocenters. The van der Waals surface area contributed by atoms with Gasteiger partial charge in [0.25, 0.3) is 5.91 Å². The van der Waals surface area contributed by atoms with Gasteiger partial charge in [-0.25, -0.2) is 4.98 Å². The number of pyridine rings is 2. The largest absolute Gasteiger partial charge is 0.397 e. The molecule has 0 saturated carbocycles. The predicted molar refractivity (Wildman–Crippen MR) is 68.7 cm³/mol. The first-order chi connectivity index (χ1) is 8.66. The Balaban J connectivity index is 2.17. The summed E-state index contributed by atoms with van der Waals surface area (Å²) in [5.74, 6) is -0.138. The first kappa shape index (κ1) is 11.8. The summed E-state index contributed by atoms with van der Waals surface area (Å²) in [4.78, 5) is 19.2. The fraction of sp³-hybridized carbons (Fsp3) is 0.0833. The minimum absolute atomic E-state index is 0.282. The van der Waals surface area contributed by atoms with Crippen LogP contribution in [0.15, 0.2) is 36.8 Å². The molecule has 0 fully saturated rings. The predicted octanol–water partition coefficient (Wildman–Crippen LogP) is 0.770. The van der Waals surface area contributed by atoms with E-state index >= 15 is 0 Å². The van der Waals surface area contributed by atoms with Crippen LogP contribution in [0.1, 0.15) is 15.9 Å². The van der Waals surface area contributed by atoms with E-state index in [2.05, 4.69) is 15.3 Å². The lowest BCUT2D eigenvalue weighted by atomic mass is 10.2. The average molecular weight is 243 g/mol. The van der Waals surface area contributed by atoms with E-state index < -0.39 is 5.91 Å². The molecule has 0 saturated heterocycles. The molecule has 6 heteroatoms. The molecule has 0 aromatic carbocycles. The highest BCUT2D eigenvalue weighted by molar-refractivity contribution is 5.98. The molecule has 0 spiro atoms. The van der Waals surface area contributed by atoms with E-state index in [0.717, 1.165) is 5.56 Å². The van der Waals surface area contributed by atoms with Crippen molar-refractivity contribution in [2.75, 3.05) is 11.1 Å². The van der Waals surface area contributed by atoms with E-state index in [9.17, 15) is 4.79 Å². The van der Waals surface area contributed by atoms with Gasteiger partial charge >= 0.3 is 0 Å². The van der Waals surface area contributed by atoms with Crippen LogP contribution in [-0.2, 0) is 6.54 Å². The quantitative estimate of drug-likeness (QED) is 0.735. The average Bonchev–Trinajstić information content (AvgIpc) is 2.38. The molecule has 2 rings (SSSR count). The van der Waals surface area contributed by atoms with E-state index in [1.807, 2.05) is 12.1 Å². The van der Waals surface area contributed by atoms with Gasteiger partial charge in [0.15, 0.2) is 0 Å². The number of nitrogens with one attached hydrogen (secondary N) is 1. The number of hydrogen-bond acceptors (Lipinski definition) is 5. The normalized spacial score (nSPS) is 10.0. The van der Waals surface area contributed by atoms with Crippen molar-refractivity contribution in [1.29, 1.82) is 0 Å². The van der Waals surface area contributed by atoms with Crippen molar-refractivity contribution in [2.24, 2.45) is 5.73 Å². The summed E-state index contributed by atoms with van der Waals surface area (Å²) in [6.45, 7) is 0.527. The lowest BCUT2D eigenvalue weighted by molar-refractivity contribution is 0.100. The Hall–Kier alpha value is -2.63. The van der Waals surface area contributed by atoms with Crippen molar-refractivity contribution in [1.82, 2.24) is 9.97 Å². The monoisotopic (exact) mass is 243 g/mol. The molecule has 5 N–H and O–H groups in total. The second-order valence-corrected chi connectivity index (χ2v) is 3.74. The van der Waals surface area contributed by atoms with Crippen molar-refractivity contribution in [3.63, 3.8) is 0 Å². The molecule has 18 heavy (non-hydrogen) atoms. The minimum Gasteiger partial charge on any atom is -0.397 e. The minimum atomic E-state index is -0.563.